The van der Waals surface area contributed by atoms with E-state index in [2.05, 4.69) is 5.10 Å². The maximum Gasteiger partial charge on any atom is 0.131 e. The van der Waals surface area contributed by atoms with Gasteiger partial charge in [0.05, 0.1) is 22.5 Å². The van der Waals surface area contributed by atoms with Crippen molar-refractivity contribution in [3.8, 4) is 5.75 Å². The van der Waals surface area contributed by atoms with Gasteiger partial charge in [0.15, 0.2) is 0 Å². The Kier molecular flexibility index (Phi) is 4.12. The molecule has 0 spiro atoms. The number of rotatable bonds is 4. The average molecular weight is 281 g/mol. The van der Waals surface area contributed by atoms with Gasteiger partial charge in [0.25, 0.3) is 0 Å². The summed E-state index contributed by atoms with van der Waals surface area (Å²) in [5.74, 6) is 0.660. The summed E-state index contributed by atoms with van der Waals surface area (Å²) < 4.78 is 7.47. The molecule has 1 atom stereocenters. The second-order valence-electron chi connectivity index (χ2n) is 4.47. The molecule has 19 heavy (non-hydrogen) atoms. The first-order valence-corrected chi connectivity index (χ1v) is 6.46. The van der Waals surface area contributed by atoms with Crippen molar-refractivity contribution in [2.24, 2.45) is 7.05 Å². The minimum absolute atomic E-state index is 0.319. The highest BCUT2D eigenvalue weighted by Crippen LogP contribution is 2.27. The van der Waals surface area contributed by atoms with Crippen LogP contribution in [0.2, 0.25) is 5.02 Å². The maximum absolute atomic E-state index is 9.69. The standard InChI is InChI=1S/C14H17ClN2O2/c1-9-14(15)12(17(3)16-9)8-19-13-7-5-4-6-11(13)10(2)18/h4-7,10,18H,8H2,1-3H3. The predicted molar refractivity (Wildman–Crippen MR) is 74.4 cm³/mol. The second kappa shape index (κ2) is 5.63. The first-order valence-electron chi connectivity index (χ1n) is 6.08. The number of aliphatic hydroxyl groups is 1. The molecule has 0 fully saturated rings. The van der Waals surface area contributed by atoms with E-state index in [0.717, 1.165) is 17.0 Å². The van der Waals surface area contributed by atoms with Gasteiger partial charge in [-0.3, -0.25) is 4.68 Å². The molecule has 2 rings (SSSR count). The summed E-state index contributed by atoms with van der Waals surface area (Å²) in [6.07, 6.45) is -0.569. The highest BCUT2D eigenvalue weighted by molar-refractivity contribution is 6.31. The van der Waals surface area contributed by atoms with Crippen LogP contribution >= 0.6 is 11.6 Å². The van der Waals surface area contributed by atoms with Crippen LogP contribution in [0.15, 0.2) is 24.3 Å². The van der Waals surface area contributed by atoms with E-state index >= 15 is 0 Å². The summed E-state index contributed by atoms with van der Waals surface area (Å²) in [4.78, 5) is 0. The molecule has 5 heteroatoms. The van der Waals surface area contributed by atoms with E-state index in [1.807, 2.05) is 38.2 Å². The van der Waals surface area contributed by atoms with Crippen molar-refractivity contribution < 1.29 is 9.84 Å². The van der Waals surface area contributed by atoms with Crippen LogP contribution in [0.3, 0.4) is 0 Å². The van der Waals surface area contributed by atoms with Crippen molar-refractivity contribution in [1.82, 2.24) is 9.78 Å². The fourth-order valence-corrected chi connectivity index (χ4v) is 2.15. The fourth-order valence-electron chi connectivity index (χ4n) is 1.94. The number of aryl methyl sites for hydroxylation is 2. The fraction of sp³-hybridized carbons (Fsp3) is 0.357. The van der Waals surface area contributed by atoms with Crippen molar-refractivity contribution in [3.63, 3.8) is 0 Å². The van der Waals surface area contributed by atoms with Crippen LogP contribution in [0.5, 0.6) is 5.75 Å². The minimum atomic E-state index is -0.569. The number of benzene rings is 1. The van der Waals surface area contributed by atoms with Crippen LogP contribution in [0.4, 0.5) is 0 Å². The van der Waals surface area contributed by atoms with E-state index in [9.17, 15) is 5.11 Å². The van der Waals surface area contributed by atoms with Gasteiger partial charge >= 0.3 is 0 Å². The molecule has 2 aromatic rings. The quantitative estimate of drug-likeness (QED) is 0.936. The molecule has 4 nitrogen and oxygen atoms in total. The van der Waals surface area contributed by atoms with E-state index < -0.39 is 6.10 Å². The SMILES string of the molecule is Cc1nn(C)c(COc2ccccc2C(C)O)c1Cl. The predicted octanol–water partition coefficient (Wildman–Crippen LogP) is 3.01. The largest absolute Gasteiger partial charge is 0.487 e. The lowest BCUT2D eigenvalue weighted by Gasteiger charge is -2.13. The van der Waals surface area contributed by atoms with E-state index in [1.54, 1.807) is 11.6 Å². The molecule has 102 valence electrons. The van der Waals surface area contributed by atoms with Crippen molar-refractivity contribution in [2.45, 2.75) is 26.6 Å². The van der Waals surface area contributed by atoms with Crippen molar-refractivity contribution in [1.29, 1.82) is 0 Å². The number of hydrogen-bond acceptors (Lipinski definition) is 3. The molecule has 1 aromatic heterocycles. The summed E-state index contributed by atoms with van der Waals surface area (Å²) in [5.41, 5.74) is 2.36. The third-order valence-electron chi connectivity index (χ3n) is 3.00. The number of para-hydroxylation sites is 1. The lowest BCUT2D eigenvalue weighted by Crippen LogP contribution is -2.05. The Morgan fingerprint density at radius 3 is 2.68 bits per heavy atom. The summed E-state index contributed by atoms with van der Waals surface area (Å²) >= 11 is 6.17. The molecular weight excluding hydrogens is 264 g/mol. The number of hydrogen-bond donors (Lipinski definition) is 1. The summed E-state index contributed by atoms with van der Waals surface area (Å²) in [7, 11) is 1.83. The Hall–Kier alpha value is -1.52. The van der Waals surface area contributed by atoms with Crippen LogP contribution in [-0.2, 0) is 13.7 Å². The topological polar surface area (TPSA) is 47.3 Å². The Bertz CT molecular complexity index is 579. The summed E-state index contributed by atoms with van der Waals surface area (Å²) in [5, 5.41) is 14.5. The van der Waals surface area contributed by atoms with Crippen molar-refractivity contribution in [2.75, 3.05) is 0 Å². The molecule has 0 bridgehead atoms. The number of aliphatic hydroxyl groups excluding tert-OH is 1. The van der Waals surface area contributed by atoms with E-state index in [1.165, 1.54) is 0 Å². The van der Waals surface area contributed by atoms with Crippen LogP contribution in [0.1, 0.15) is 30.0 Å². The van der Waals surface area contributed by atoms with Gasteiger partial charge in [0, 0.05) is 12.6 Å². The van der Waals surface area contributed by atoms with Gasteiger partial charge in [-0.1, -0.05) is 29.8 Å². The molecule has 0 saturated carbocycles. The van der Waals surface area contributed by atoms with Gasteiger partial charge < -0.3 is 9.84 Å². The van der Waals surface area contributed by atoms with Gasteiger partial charge in [-0.2, -0.15) is 5.10 Å². The van der Waals surface area contributed by atoms with Gasteiger partial charge in [-0.15, -0.1) is 0 Å². The number of nitrogens with zero attached hydrogens (tertiary/aromatic N) is 2. The molecule has 0 aliphatic carbocycles. The third-order valence-corrected chi connectivity index (χ3v) is 3.49. The molecule has 0 radical (unpaired) electrons. The lowest BCUT2D eigenvalue weighted by atomic mass is 10.1. The van der Waals surface area contributed by atoms with Gasteiger partial charge in [-0.05, 0) is 19.9 Å². The molecule has 1 N–H and O–H groups in total. The Balaban J connectivity index is 2.19. The third kappa shape index (κ3) is 2.91. The number of halogens is 1. The van der Waals surface area contributed by atoms with Crippen LogP contribution in [0, 0.1) is 6.92 Å². The first kappa shape index (κ1) is 13.9. The monoisotopic (exact) mass is 280 g/mol. The Morgan fingerprint density at radius 2 is 2.11 bits per heavy atom. The molecule has 1 unspecified atom stereocenters. The zero-order chi connectivity index (χ0) is 14.0. The zero-order valence-electron chi connectivity index (χ0n) is 11.2. The van der Waals surface area contributed by atoms with Crippen molar-refractivity contribution in [3.05, 3.63) is 46.2 Å². The summed E-state index contributed by atoms with van der Waals surface area (Å²) in [6.45, 7) is 3.89. The minimum Gasteiger partial charge on any atom is -0.487 e. The second-order valence-corrected chi connectivity index (χ2v) is 4.85. The maximum atomic E-state index is 9.69. The average Bonchev–Trinajstić information content (AvgIpc) is 2.61. The number of aromatic nitrogens is 2. The smallest absolute Gasteiger partial charge is 0.131 e. The van der Waals surface area contributed by atoms with Crippen LogP contribution in [-0.4, -0.2) is 14.9 Å². The van der Waals surface area contributed by atoms with E-state index in [-0.39, 0.29) is 0 Å². The van der Waals surface area contributed by atoms with E-state index in [4.69, 9.17) is 16.3 Å². The molecule has 0 amide bonds. The van der Waals surface area contributed by atoms with Crippen LogP contribution in [0.25, 0.3) is 0 Å². The molecule has 0 saturated heterocycles. The lowest BCUT2D eigenvalue weighted by molar-refractivity contribution is 0.189. The zero-order valence-corrected chi connectivity index (χ0v) is 12.0. The first-order chi connectivity index (χ1) is 9.00. The summed E-state index contributed by atoms with van der Waals surface area (Å²) in [6, 6.07) is 7.42. The Labute approximate surface area is 117 Å². The van der Waals surface area contributed by atoms with Crippen LogP contribution < -0.4 is 4.74 Å². The van der Waals surface area contributed by atoms with Crippen molar-refractivity contribution >= 4 is 11.6 Å². The molecule has 0 aliphatic rings. The van der Waals surface area contributed by atoms with Gasteiger partial charge in [-0.25, -0.2) is 0 Å². The highest BCUT2D eigenvalue weighted by Gasteiger charge is 2.13. The molecular formula is C14H17ClN2O2. The molecule has 1 aromatic carbocycles. The molecule has 0 aliphatic heterocycles. The number of ether oxygens (including phenoxy) is 1. The van der Waals surface area contributed by atoms with Gasteiger partial charge in [0.2, 0.25) is 0 Å². The van der Waals surface area contributed by atoms with E-state index in [0.29, 0.717) is 17.4 Å². The van der Waals surface area contributed by atoms with Gasteiger partial charge in [0.1, 0.15) is 12.4 Å². The molecule has 1 heterocycles. The normalized spacial score (nSPS) is 12.5. The highest BCUT2D eigenvalue weighted by atomic mass is 35.5. The Morgan fingerprint density at radius 1 is 1.42 bits per heavy atom.